The number of hydrogen-bond acceptors (Lipinski definition) is 7. The maximum atomic E-state index is 13.0. The first-order valence-corrected chi connectivity index (χ1v) is 10.9. The van der Waals surface area contributed by atoms with Gasteiger partial charge in [-0.25, -0.2) is 9.59 Å². The zero-order valence-corrected chi connectivity index (χ0v) is 20.7. The molecule has 2 amide bonds. The summed E-state index contributed by atoms with van der Waals surface area (Å²) >= 11 is 0. The summed E-state index contributed by atoms with van der Waals surface area (Å²) in [7, 11) is 0. The molecule has 0 spiro atoms. The van der Waals surface area contributed by atoms with Crippen LogP contribution in [-0.2, 0) is 28.6 Å². The van der Waals surface area contributed by atoms with E-state index in [0.29, 0.717) is 6.42 Å². The summed E-state index contributed by atoms with van der Waals surface area (Å²) in [5, 5.41) is 5.13. The molecule has 0 radical (unpaired) electrons. The number of nitrogens with one attached hydrogen (secondary N) is 2. The third-order valence-corrected chi connectivity index (χ3v) is 4.17. The van der Waals surface area contributed by atoms with Crippen molar-refractivity contribution in [1.82, 2.24) is 10.6 Å². The molecule has 0 aliphatic rings. The van der Waals surface area contributed by atoms with Crippen LogP contribution in [0.2, 0.25) is 0 Å². The topological polar surface area (TPSA) is 120 Å². The predicted molar refractivity (Wildman–Crippen MR) is 121 cm³/mol. The van der Waals surface area contributed by atoms with Crippen molar-refractivity contribution in [2.45, 2.75) is 97.9 Å². The molecule has 0 saturated heterocycles. The number of carbonyl (C=O) groups excluding carboxylic acids is 4. The molecule has 2 N–H and O–H groups in total. The van der Waals surface area contributed by atoms with Crippen molar-refractivity contribution in [1.29, 1.82) is 0 Å². The van der Waals surface area contributed by atoms with E-state index in [1.807, 2.05) is 6.92 Å². The van der Waals surface area contributed by atoms with Crippen LogP contribution in [-0.4, -0.2) is 53.8 Å². The molecule has 0 heterocycles. The van der Waals surface area contributed by atoms with Gasteiger partial charge in [0.05, 0.1) is 0 Å². The van der Waals surface area contributed by atoms with E-state index in [2.05, 4.69) is 17.2 Å². The number of rotatable bonds is 11. The molecular weight excluding hydrogens is 416 g/mol. The highest BCUT2D eigenvalue weighted by Gasteiger charge is 2.32. The van der Waals surface area contributed by atoms with Crippen LogP contribution in [0, 0.1) is 5.92 Å². The van der Waals surface area contributed by atoms with Gasteiger partial charge in [-0.1, -0.05) is 32.9 Å². The summed E-state index contributed by atoms with van der Waals surface area (Å²) < 4.78 is 15.6. The maximum absolute atomic E-state index is 13.0. The van der Waals surface area contributed by atoms with Gasteiger partial charge in [-0.2, -0.15) is 0 Å². The number of carbonyl (C=O) groups is 4. The zero-order valence-electron chi connectivity index (χ0n) is 20.7. The second kappa shape index (κ2) is 13.1. The van der Waals surface area contributed by atoms with Crippen LogP contribution >= 0.6 is 0 Å². The Kier molecular flexibility index (Phi) is 12.0. The standard InChI is InChI=1S/C23H40N2O7/c1-10-14-30-20(28)18(15(3)11-2)25-19(27)16(24-21(29)32-23(7,8)9)12-13-17(26)31-22(4,5)6/h10,15-16,18H,1,11-14H2,2-9H3,(H,24,29)(H,25,27)/t15?,16-,18+/m0/s1. The van der Waals surface area contributed by atoms with Gasteiger partial charge in [0.2, 0.25) is 5.91 Å². The molecule has 0 fully saturated rings. The fraction of sp³-hybridized carbons (Fsp3) is 0.739. The van der Waals surface area contributed by atoms with Crippen LogP contribution in [0.3, 0.4) is 0 Å². The average Bonchev–Trinajstić information content (AvgIpc) is 2.63. The van der Waals surface area contributed by atoms with Gasteiger partial charge in [0.25, 0.3) is 0 Å². The lowest BCUT2D eigenvalue weighted by Gasteiger charge is -2.27. The minimum atomic E-state index is -1.11. The van der Waals surface area contributed by atoms with Crippen LogP contribution in [0.4, 0.5) is 4.79 Å². The zero-order chi connectivity index (χ0) is 25.1. The fourth-order valence-corrected chi connectivity index (χ4v) is 2.53. The van der Waals surface area contributed by atoms with E-state index in [9.17, 15) is 19.2 Å². The van der Waals surface area contributed by atoms with Crippen molar-refractivity contribution < 1.29 is 33.4 Å². The third-order valence-electron chi connectivity index (χ3n) is 4.17. The minimum Gasteiger partial charge on any atom is -0.460 e. The van der Waals surface area contributed by atoms with Gasteiger partial charge in [-0.05, 0) is 53.9 Å². The third kappa shape index (κ3) is 13.0. The Morgan fingerprint density at radius 2 is 1.53 bits per heavy atom. The van der Waals surface area contributed by atoms with Crippen LogP contribution in [0.1, 0.15) is 74.7 Å². The van der Waals surface area contributed by atoms with Crippen molar-refractivity contribution in [3.63, 3.8) is 0 Å². The quantitative estimate of drug-likeness (QED) is 0.278. The second-order valence-electron chi connectivity index (χ2n) is 9.61. The minimum absolute atomic E-state index is 0.0138. The Bertz CT molecular complexity index is 662. The van der Waals surface area contributed by atoms with Crippen LogP contribution < -0.4 is 10.6 Å². The van der Waals surface area contributed by atoms with Crippen molar-refractivity contribution in [2.75, 3.05) is 6.61 Å². The molecule has 0 aliphatic heterocycles. The first kappa shape index (κ1) is 29.4. The lowest BCUT2D eigenvalue weighted by atomic mass is 9.98. The van der Waals surface area contributed by atoms with Crippen molar-refractivity contribution in [2.24, 2.45) is 5.92 Å². The molecule has 0 aromatic heterocycles. The Labute approximate surface area is 191 Å². The highest BCUT2D eigenvalue weighted by molar-refractivity contribution is 5.90. The molecule has 0 aliphatic carbocycles. The van der Waals surface area contributed by atoms with Gasteiger partial charge in [-0.3, -0.25) is 9.59 Å². The van der Waals surface area contributed by atoms with E-state index >= 15 is 0 Å². The maximum Gasteiger partial charge on any atom is 0.408 e. The first-order chi connectivity index (χ1) is 14.6. The van der Waals surface area contributed by atoms with E-state index in [0.717, 1.165) is 0 Å². The SMILES string of the molecule is C=CCOC(=O)[C@H](NC(=O)[C@H](CCC(=O)OC(C)(C)C)NC(=O)OC(C)(C)C)C(C)CC. The molecule has 0 saturated carbocycles. The van der Waals surface area contributed by atoms with Gasteiger partial charge >= 0.3 is 18.0 Å². The largest absolute Gasteiger partial charge is 0.460 e. The Morgan fingerprint density at radius 1 is 0.969 bits per heavy atom. The number of alkyl carbamates (subject to hydrolysis) is 1. The second-order valence-corrected chi connectivity index (χ2v) is 9.61. The summed E-state index contributed by atoms with van der Waals surface area (Å²) in [5.74, 6) is -1.95. The summed E-state index contributed by atoms with van der Waals surface area (Å²) in [5.41, 5.74) is -1.45. The molecule has 0 aromatic carbocycles. The van der Waals surface area contributed by atoms with Crippen LogP contribution in [0.15, 0.2) is 12.7 Å². The summed E-state index contributed by atoms with van der Waals surface area (Å²) in [6.45, 7) is 17.5. The Hall–Kier alpha value is -2.58. The summed E-state index contributed by atoms with van der Waals surface area (Å²) in [6, 6.07) is -2.03. The number of esters is 2. The van der Waals surface area contributed by atoms with E-state index in [1.54, 1.807) is 48.5 Å². The van der Waals surface area contributed by atoms with Gasteiger partial charge in [0.15, 0.2) is 0 Å². The molecule has 184 valence electrons. The Balaban J connectivity index is 5.46. The van der Waals surface area contributed by atoms with Gasteiger partial charge in [0, 0.05) is 6.42 Å². The number of ether oxygens (including phenoxy) is 3. The Morgan fingerprint density at radius 3 is 2.00 bits per heavy atom. The number of amides is 2. The summed E-state index contributed by atoms with van der Waals surface area (Å²) in [6.07, 6.45) is 1.09. The fourth-order valence-electron chi connectivity index (χ4n) is 2.53. The lowest BCUT2D eigenvalue weighted by Crippen LogP contribution is -2.54. The lowest BCUT2D eigenvalue weighted by molar-refractivity contribution is -0.155. The van der Waals surface area contributed by atoms with E-state index in [1.165, 1.54) is 6.08 Å². The molecule has 0 rings (SSSR count). The molecular formula is C23H40N2O7. The average molecular weight is 457 g/mol. The molecule has 0 aromatic rings. The summed E-state index contributed by atoms with van der Waals surface area (Å²) in [4.78, 5) is 49.8. The smallest absolute Gasteiger partial charge is 0.408 e. The van der Waals surface area contributed by atoms with Gasteiger partial charge < -0.3 is 24.8 Å². The predicted octanol–water partition coefficient (Wildman–Crippen LogP) is 3.26. The van der Waals surface area contributed by atoms with E-state index in [-0.39, 0.29) is 25.4 Å². The molecule has 1 unspecified atom stereocenters. The highest BCUT2D eigenvalue weighted by Crippen LogP contribution is 2.14. The van der Waals surface area contributed by atoms with Crippen molar-refractivity contribution in [3.8, 4) is 0 Å². The first-order valence-electron chi connectivity index (χ1n) is 10.9. The van der Waals surface area contributed by atoms with Gasteiger partial charge in [-0.15, -0.1) is 0 Å². The van der Waals surface area contributed by atoms with Crippen LogP contribution in [0.25, 0.3) is 0 Å². The molecule has 0 bridgehead atoms. The van der Waals surface area contributed by atoms with Gasteiger partial charge in [0.1, 0.15) is 29.9 Å². The molecule has 9 heteroatoms. The highest BCUT2D eigenvalue weighted by atomic mass is 16.6. The number of hydrogen-bond donors (Lipinski definition) is 2. The molecule has 32 heavy (non-hydrogen) atoms. The van der Waals surface area contributed by atoms with Crippen LogP contribution in [0.5, 0.6) is 0 Å². The van der Waals surface area contributed by atoms with Crippen molar-refractivity contribution >= 4 is 23.9 Å². The van der Waals surface area contributed by atoms with E-state index in [4.69, 9.17) is 14.2 Å². The van der Waals surface area contributed by atoms with Crippen molar-refractivity contribution in [3.05, 3.63) is 12.7 Å². The normalized spacial score (nSPS) is 14.4. The molecule has 3 atom stereocenters. The monoisotopic (exact) mass is 456 g/mol. The molecule has 9 nitrogen and oxygen atoms in total. The van der Waals surface area contributed by atoms with E-state index < -0.39 is 47.2 Å².